The molecule has 16 heavy (non-hydrogen) atoms. The van der Waals surface area contributed by atoms with Gasteiger partial charge in [-0.25, -0.2) is 0 Å². The largest absolute Gasteiger partial charge is 0.480 e. The molecule has 0 saturated heterocycles. The molecule has 1 atom stereocenters. The number of nitrogens with zero attached hydrogens (tertiary/aromatic N) is 1. The van der Waals surface area contributed by atoms with Gasteiger partial charge in [-0.3, -0.25) is 10.1 Å². The molecule has 86 valence electrons. The predicted molar refractivity (Wildman–Crippen MR) is 59.5 cm³/mol. The Kier molecular flexibility index (Phi) is 2.07. The van der Waals surface area contributed by atoms with Gasteiger partial charge in [0.25, 0.3) is 0 Å². The normalized spacial score (nSPS) is 22.9. The minimum Gasteiger partial charge on any atom is -0.480 e. The van der Waals surface area contributed by atoms with E-state index in [1.165, 1.54) is 23.2 Å². The van der Waals surface area contributed by atoms with E-state index in [0.717, 1.165) is 31.5 Å². The van der Waals surface area contributed by atoms with E-state index in [1.54, 1.807) is 0 Å². The lowest BCUT2D eigenvalue weighted by Gasteiger charge is -2.23. The highest BCUT2D eigenvalue weighted by molar-refractivity contribution is 5.76. The molecule has 4 heteroatoms. The van der Waals surface area contributed by atoms with Crippen LogP contribution in [0.25, 0.3) is 0 Å². The van der Waals surface area contributed by atoms with E-state index in [0.29, 0.717) is 0 Å². The number of aliphatic carboxylic acids is 1. The summed E-state index contributed by atoms with van der Waals surface area (Å²) in [5.74, 6) is -0.764. The first-order valence-corrected chi connectivity index (χ1v) is 5.85. The minimum atomic E-state index is -0.764. The second-order valence-electron chi connectivity index (χ2n) is 4.68. The van der Waals surface area contributed by atoms with E-state index < -0.39 is 12.0 Å². The van der Waals surface area contributed by atoms with Crippen LogP contribution < -0.4 is 5.32 Å². The molecule has 0 aromatic carbocycles. The molecule has 0 radical (unpaired) electrons. The fourth-order valence-corrected chi connectivity index (χ4v) is 3.21. The molecule has 0 amide bonds. The predicted octanol–water partition coefficient (Wildman–Crippen LogP) is 0.785. The van der Waals surface area contributed by atoms with Gasteiger partial charge >= 0.3 is 5.97 Å². The third-order valence-electron chi connectivity index (χ3n) is 3.87. The Morgan fingerprint density at radius 1 is 1.38 bits per heavy atom. The summed E-state index contributed by atoms with van der Waals surface area (Å²) in [6.07, 6.45) is 4.43. The van der Waals surface area contributed by atoms with E-state index >= 15 is 0 Å². The second kappa shape index (κ2) is 3.35. The molecule has 2 heterocycles. The van der Waals surface area contributed by atoms with Gasteiger partial charge in [0, 0.05) is 25.0 Å². The van der Waals surface area contributed by atoms with Crippen LogP contribution in [-0.2, 0) is 31.1 Å². The van der Waals surface area contributed by atoms with Crippen LogP contribution in [-0.4, -0.2) is 22.2 Å². The Labute approximate surface area is 94.3 Å². The molecular weight excluding hydrogens is 204 g/mol. The van der Waals surface area contributed by atoms with Crippen molar-refractivity contribution in [1.29, 1.82) is 0 Å². The summed E-state index contributed by atoms with van der Waals surface area (Å²) < 4.78 is 2.11. The number of hydrogen-bond donors (Lipinski definition) is 2. The highest BCUT2D eigenvalue weighted by Gasteiger charge is 2.34. The fourth-order valence-electron chi connectivity index (χ4n) is 3.21. The zero-order valence-corrected chi connectivity index (χ0v) is 9.42. The van der Waals surface area contributed by atoms with Crippen molar-refractivity contribution in [2.45, 2.75) is 31.7 Å². The van der Waals surface area contributed by atoms with Crippen molar-refractivity contribution >= 4 is 5.97 Å². The highest BCUT2D eigenvalue weighted by atomic mass is 16.4. The van der Waals surface area contributed by atoms with E-state index in [2.05, 4.69) is 9.88 Å². The van der Waals surface area contributed by atoms with Crippen LogP contribution in [0.1, 0.15) is 35.0 Å². The second-order valence-corrected chi connectivity index (χ2v) is 4.68. The van der Waals surface area contributed by atoms with Gasteiger partial charge in [-0.1, -0.05) is 0 Å². The summed E-state index contributed by atoms with van der Waals surface area (Å²) in [6.45, 7) is 0.778. The molecule has 0 fully saturated rings. The molecule has 2 aliphatic rings. The standard InChI is InChI=1S/C12H16N2O2/c1-14-9-4-2-3-7(9)8-5-6-13-10(11(8)14)12(15)16/h10,13H,2-6H2,1H3,(H,15,16). The van der Waals surface area contributed by atoms with E-state index in [4.69, 9.17) is 0 Å². The molecular formula is C12H16N2O2. The summed E-state index contributed by atoms with van der Waals surface area (Å²) in [6, 6.07) is -0.514. The molecule has 1 aromatic heterocycles. The van der Waals surface area contributed by atoms with Gasteiger partial charge in [0.2, 0.25) is 0 Å². The molecule has 1 aromatic rings. The van der Waals surface area contributed by atoms with Gasteiger partial charge in [0.15, 0.2) is 0 Å². The summed E-state index contributed by atoms with van der Waals surface area (Å²) in [5, 5.41) is 12.3. The van der Waals surface area contributed by atoms with E-state index in [-0.39, 0.29) is 0 Å². The number of carboxylic acid groups (broad SMARTS) is 1. The molecule has 3 rings (SSSR count). The zero-order chi connectivity index (χ0) is 11.3. The lowest BCUT2D eigenvalue weighted by atomic mass is 9.98. The summed E-state index contributed by atoms with van der Waals surface area (Å²) in [5.41, 5.74) is 5.09. The molecule has 1 unspecified atom stereocenters. The van der Waals surface area contributed by atoms with Gasteiger partial charge in [-0.2, -0.15) is 0 Å². The number of rotatable bonds is 1. The number of aromatic nitrogens is 1. The fraction of sp³-hybridized carbons (Fsp3) is 0.583. The topological polar surface area (TPSA) is 54.3 Å². The Morgan fingerprint density at radius 3 is 2.94 bits per heavy atom. The zero-order valence-electron chi connectivity index (χ0n) is 9.42. The van der Waals surface area contributed by atoms with Gasteiger partial charge in [0.05, 0.1) is 0 Å². The molecule has 0 saturated carbocycles. The van der Waals surface area contributed by atoms with Crippen LogP contribution in [0.2, 0.25) is 0 Å². The molecule has 4 nitrogen and oxygen atoms in total. The summed E-state index contributed by atoms with van der Waals surface area (Å²) >= 11 is 0. The maximum Gasteiger partial charge on any atom is 0.326 e. The number of nitrogens with one attached hydrogen (secondary N) is 1. The smallest absolute Gasteiger partial charge is 0.326 e. The number of carbonyl (C=O) groups is 1. The maximum atomic E-state index is 11.2. The molecule has 0 spiro atoms. The van der Waals surface area contributed by atoms with Gasteiger partial charge in [-0.15, -0.1) is 0 Å². The quantitative estimate of drug-likeness (QED) is 0.735. The van der Waals surface area contributed by atoms with Crippen molar-refractivity contribution in [3.8, 4) is 0 Å². The average molecular weight is 220 g/mol. The van der Waals surface area contributed by atoms with Crippen LogP contribution in [0.15, 0.2) is 0 Å². The first-order chi connectivity index (χ1) is 7.70. The van der Waals surface area contributed by atoms with Gasteiger partial charge < -0.3 is 9.67 Å². The van der Waals surface area contributed by atoms with Crippen molar-refractivity contribution in [2.75, 3.05) is 6.54 Å². The Bertz CT molecular complexity index is 462. The van der Waals surface area contributed by atoms with Crippen molar-refractivity contribution in [1.82, 2.24) is 9.88 Å². The van der Waals surface area contributed by atoms with Crippen molar-refractivity contribution in [2.24, 2.45) is 7.05 Å². The molecule has 2 N–H and O–H groups in total. The Morgan fingerprint density at radius 2 is 2.19 bits per heavy atom. The SMILES string of the molecule is Cn1c2c(c3c1C(C(=O)O)NCC3)CCC2. The van der Waals surface area contributed by atoms with Crippen LogP contribution in [0, 0.1) is 0 Å². The third kappa shape index (κ3) is 1.16. The summed E-state index contributed by atoms with van der Waals surface area (Å²) in [4.78, 5) is 11.2. The minimum absolute atomic E-state index is 0.514. The van der Waals surface area contributed by atoms with Crippen molar-refractivity contribution < 1.29 is 9.90 Å². The first-order valence-electron chi connectivity index (χ1n) is 5.85. The Hall–Kier alpha value is -1.29. The van der Waals surface area contributed by atoms with Gasteiger partial charge in [-0.05, 0) is 36.8 Å². The lowest BCUT2D eigenvalue weighted by molar-refractivity contribution is -0.140. The van der Waals surface area contributed by atoms with Gasteiger partial charge in [0.1, 0.15) is 6.04 Å². The van der Waals surface area contributed by atoms with Crippen molar-refractivity contribution in [3.05, 3.63) is 22.5 Å². The highest BCUT2D eigenvalue weighted by Crippen LogP contribution is 2.35. The number of carboxylic acids is 1. The molecule has 1 aliphatic heterocycles. The van der Waals surface area contributed by atoms with E-state index in [1.807, 2.05) is 7.05 Å². The van der Waals surface area contributed by atoms with Crippen molar-refractivity contribution in [3.63, 3.8) is 0 Å². The maximum absolute atomic E-state index is 11.2. The summed E-state index contributed by atoms with van der Waals surface area (Å²) in [7, 11) is 2.01. The Balaban J connectivity index is 2.18. The monoisotopic (exact) mass is 220 g/mol. The molecule has 1 aliphatic carbocycles. The van der Waals surface area contributed by atoms with Crippen LogP contribution in [0.5, 0.6) is 0 Å². The van der Waals surface area contributed by atoms with Crippen LogP contribution in [0.4, 0.5) is 0 Å². The first kappa shape index (κ1) is 9.90. The van der Waals surface area contributed by atoms with Crippen LogP contribution >= 0.6 is 0 Å². The lowest BCUT2D eigenvalue weighted by Crippen LogP contribution is -2.36. The molecule has 0 bridgehead atoms. The number of hydrogen-bond acceptors (Lipinski definition) is 2. The number of fused-ring (bicyclic) bond motifs is 3. The van der Waals surface area contributed by atoms with Crippen LogP contribution in [0.3, 0.4) is 0 Å². The third-order valence-corrected chi connectivity index (χ3v) is 3.87. The van der Waals surface area contributed by atoms with E-state index in [9.17, 15) is 9.90 Å². The average Bonchev–Trinajstić information content (AvgIpc) is 2.83.